The van der Waals surface area contributed by atoms with Crippen LogP contribution in [0, 0.1) is 18.8 Å². The third-order valence-electron chi connectivity index (χ3n) is 5.20. The predicted octanol–water partition coefficient (Wildman–Crippen LogP) is 3.22. The summed E-state index contributed by atoms with van der Waals surface area (Å²) in [7, 11) is 0. The van der Waals surface area contributed by atoms with Crippen molar-refractivity contribution in [3.8, 4) is 5.75 Å². The van der Waals surface area contributed by atoms with E-state index in [1.165, 1.54) is 5.56 Å². The number of ether oxygens (including phenoxy) is 2. The molecule has 0 saturated carbocycles. The summed E-state index contributed by atoms with van der Waals surface area (Å²) in [6.45, 7) is 6.79. The SMILES string of the molecule is Cc1ccc(OCC2CCCN(C(=O)NCC3CCOCC3)C2)cc1. The highest BCUT2D eigenvalue weighted by molar-refractivity contribution is 5.74. The third kappa shape index (κ3) is 5.63. The maximum Gasteiger partial charge on any atom is 0.317 e. The van der Waals surface area contributed by atoms with Crippen LogP contribution in [0.25, 0.3) is 0 Å². The zero-order valence-corrected chi connectivity index (χ0v) is 15.2. The van der Waals surface area contributed by atoms with Gasteiger partial charge < -0.3 is 19.7 Å². The van der Waals surface area contributed by atoms with Gasteiger partial charge in [-0.25, -0.2) is 4.79 Å². The lowest BCUT2D eigenvalue weighted by atomic mass is 9.99. The fourth-order valence-corrected chi connectivity index (χ4v) is 3.53. The number of piperidine rings is 1. The second-order valence-corrected chi connectivity index (χ2v) is 7.32. The number of likely N-dealkylation sites (tertiary alicyclic amines) is 1. The van der Waals surface area contributed by atoms with E-state index >= 15 is 0 Å². The van der Waals surface area contributed by atoms with E-state index in [0.29, 0.717) is 18.4 Å². The first-order valence-corrected chi connectivity index (χ1v) is 9.50. The van der Waals surface area contributed by atoms with E-state index in [4.69, 9.17) is 9.47 Å². The van der Waals surface area contributed by atoms with E-state index in [1.54, 1.807) is 0 Å². The molecule has 1 atom stereocenters. The molecule has 2 amide bonds. The molecule has 0 aliphatic carbocycles. The molecule has 2 saturated heterocycles. The number of nitrogens with one attached hydrogen (secondary N) is 1. The van der Waals surface area contributed by atoms with Crippen LogP contribution in [-0.2, 0) is 4.74 Å². The van der Waals surface area contributed by atoms with E-state index in [1.807, 2.05) is 17.0 Å². The number of hydrogen-bond donors (Lipinski definition) is 1. The summed E-state index contributed by atoms with van der Waals surface area (Å²) in [6.07, 6.45) is 4.27. The molecule has 5 nitrogen and oxygen atoms in total. The molecule has 2 heterocycles. The van der Waals surface area contributed by atoms with Crippen LogP contribution >= 0.6 is 0 Å². The molecule has 0 aromatic heterocycles. The lowest BCUT2D eigenvalue weighted by Crippen LogP contribution is -2.47. The first-order valence-electron chi connectivity index (χ1n) is 9.50. The molecule has 25 heavy (non-hydrogen) atoms. The second kappa shape index (κ2) is 9.09. The summed E-state index contributed by atoms with van der Waals surface area (Å²) < 4.78 is 11.3. The summed E-state index contributed by atoms with van der Waals surface area (Å²) in [5.74, 6) is 1.87. The second-order valence-electron chi connectivity index (χ2n) is 7.32. The molecule has 2 aliphatic heterocycles. The van der Waals surface area contributed by atoms with E-state index in [9.17, 15) is 4.79 Å². The van der Waals surface area contributed by atoms with Gasteiger partial charge >= 0.3 is 6.03 Å². The lowest BCUT2D eigenvalue weighted by molar-refractivity contribution is 0.0659. The Balaban J connectivity index is 1.40. The quantitative estimate of drug-likeness (QED) is 0.891. The molecule has 1 aromatic rings. The van der Waals surface area contributed by atoms with E-state index < -0.39 is 0 Å². The smallest absolute Gasteiger partial charge is 0.317 e. The molecule has 5 heteroatoms. The molecule has 0 bridgehead atoms. The molecular weight excluding hydrogens is 316 g/mol. The molecule has 2 aliphatic rings. The van der Waals surface area contributed by atoms with E-state index in [2.05, 4.69) is 24.4 Å². The van der Waals surface area contributed by atoms with Crippen LogP contribution in [0.5, 0.6) is 5.75 Å². The van der Waals surface area contributed by atoms with Crippen molar-refractivity contribution in [2.45, 2.75) is 32.6 Å². The van der Waals surface area contributed by atoms with E-state index in [0.717, 1.165) is 64.3 Å². The highest BCUT2D eigenvalue weighted by Gasteiger charge is 2.25. The number of amides is 2. The zero-order valence-electron chi connectivity index (χ0n) is 15.2. The molecular formula is C20H30N2O3. The van der Waals surface area contributed by atoms with Gasteiger partial charge in [0.2, 0.25) is 0 Å². The largest absolute Gasteiger partial charge is 0.493 e. The minimum Gasteiger partial charge on any atom is -0.493 e. The lowest BCUT2D eigenvalue weighted by Gasteiger charge is -2.33. The first-order chi connectivity index (χ1) is 12.2. The predicted molar refractivity (Wildman–Crippen MR) is 97.9 cm³/mol. The topological polar surface area (TPSA) is 50.8 Å². The van der Waals surface area contributed by atoms with Crippen LogP contribution in [-0.4, -0.2) is 50.4 Å². The van der Waals surface area contributed by atoms with Crippen LogP contribution < -0.4 is 10.1 Å². The number of nitrogens with zero attached hydrogens (tertiary/aromatic N) is 1. The Hall–Kier alpha value is -1.75. The Labute approximate surface area is 150 Å². The summed E-state index contributed by atoms with van der Waals surface area (Å²) in [6, 6.07) is 8.22. The van der Waals surface area contributed by atoms with Gasteiger partial charge in [0.05, 0.1) is 6.61 Å². The Morgan fingerprint density at radius 2 is 1.96 bits per heavy atom. The molecule has 138 valence electrons. The highest BCUT2D eigenvalue weighted by Crippen LogP contribution is 2.20. The average molecular weight is 346 g/mol. The van der Waals surface area contributed by atoms with Crippen molar-refractivity contribution in [1.82, 2.24) is 10.2 Å². The number of rotatable bonds is 5. The average Bonchev–Trinajstić information content (AvgIpc) is 2.67. The number of aryl methyl sites for hydroxylation is 1. The van der Waals surface area contributed by atoms with Gasteiger partial charge in [-0.3, -0.25) is 0 Å². The molecule has 1 aromatic carbocycles. The Bertz CT molecular complexity index is 540. The minimum absolute atomic E-state index is 0.0755. The Kier molecular flexibility index (Phi) is 6.56. The van der Waals surface area contributed by atoms with Gasteiger partial charge in [0.25, 0.3) is 0 Å². The van der Waals surface area contributed by atoms with Crippen LogP contribution in [0.1, 0.15) is 31.2 Å². The van der Waals surface area contributed by atoms with Gasteiger partial charge in [-0.1, -0.05) is 17.7 Å². The van der Waals surface area contributed by atoms with Crippen molar-refractivity contribution in [2.24, 2.45) is 11.8 Å². The van der Waals surface area contributed by atoms with Crippen molar-refractivity contribution >= 4 is 6.03 Å². The van der Waals surface area contributed by atoms with Crippen molar-refractivity contribution in [2.75, 3.05) is 39.5 Å². The summed E-state index contributed by atoms with van der Waals surface area (Å²) in [5, 5.41) is 3.11. The Morgan fingerprint density at radius 3 is 2.72 bits per heavy atom. The molecule has 1 N–H and O–H groups in total. The standard InChI is InChI=1S/C20H30N2O3/c1-16-4-6-19(7-5-16)25-15-18-3-2-10-22(14-18)20(23)21-13-17-8-11-24-12-9-17/h4-7,17-18H,2-3,8-15H2,1H3,(H,21,23). The van der Waals surface area contributed by atoms with Gasteiger partial charge in [0, 0.05) is 38.8 Å². The van der Waals surface area contributed by atoms with Gasteiger partial charge in [-0.2, -0.15) is 0 Å². The number of carbonyl (C=O) groups excluding carboxylic acids is 1. The normalized spacial score (nSPS) is 21.8. The van der Waals surface area contributed by atoms with E-state index in [-0.39, 0.29) is 6.03 Å². The highest BCUT2D eigenvalue weighted by atomic mass is 16.5. The molecule has 1 unspecified atom stereocenters. The van der Waals surface area contributed by atoms with Crippen LogP contribution in [0.15, 0.2) is 24.3 Å². The van der Waals surface area contributed by atoms with Gasteiger partial charge in [-0.05, 0) is 50.7 Å². The number of carbonyl (C=O) groups is 1. The molecule has 0 spiro atoms. The third-order valence-corrected chi connectivity index (χ3v) is 5.20. The zero-order chi connectivity index (χ0) is 17.5. The minimum atomic E-state index is 0.0755. The first kappa shape index (κ1) is 18.1. The maximum atomic E-state index is 12.4. The Morgan fingerprint density at radius 1 is 1.20 bits per heavy atom. The van der Waals surface area contributed by atoms with Crippen molar-refractivity contribution < 1.29 is 14.3 Å². The van der Waals surface area contributed by atoms with Crippen LogP contribution in [0.3, 0.4) is 0 Å². The fraction of sp³-hybridized carbons (Fsp3) is 0.650. The molecule has 2 fully saturated rings. The molecule has 0 radical (unpaired) electrons. The number of hydrogen-bond acceptors (Lipinski definition) is 3. The van der Waals surface area contributed by atoms with Gasteiger partial charge in [0.1, 0.15) is 5.75 Å². The summed E-state index contributed by atoms with van der Waals surface area (Å²) >= 11 is 0. The van der Waals surface area contributed by atoms with Crippen LogP contribution in [0.2, 0.25) is 0 Å². The van der Waals surface area contributed by atoms with Crippen molar-refractivity contribution in [3.05, 3.63) is 29.8 Å². The maximum absolute atomic E-state index is 12.4. The van der Waals surface area contributed by atoms with Crippen molar-refractivity contribution in [1.29, 1.82) is 0 Å². The van der Waals surface area contributed by atoms with Crippen LogP contribution in [0.4, 0.5) is 4.79 Å². The summed E-state index contributed by atoms with van der Waals surface area (Å²) in [5.41, 5.74) is 1.23. The number of benzene rings is 1. The monoisotopic (exact) mass is 346 g/mol. The van der Waals surface area contributed by atoms with Gasteiger partial charge in [-0.15, -0.1) is 0 Å². The van der Waals surface area contributed by atoms with Crippen molar-refractivity contribution in [3.63, 3.8) is 0 Å². The summed E-state index contributed by atoms with van der Waals surface area (Å²) in [4.78, 5) is 14.4. The molecule has 3 rings (SSSR count). The number of urea groups is 1. The van der Waals surface area contributed by atoms with Gasteiger partial charge in [0.15, 0.2) is 0 Å². The fourth-order valence-electron chi connectivity index (χ4n) is 3.53.